The first-order chi connectivity index (χ1) is 15.8. The van der Waals surface area contributed by atoms with Gasteiger partial charge < -0.3 is 0 Å². The number of hydrogen-bond donors (Lipinski definition) is 0. The van der Waals surface area contributed by atoms with Crippen molar-refractivity contribution in [3.05, 3.63) is 102 Å². The second-order valence-electron chi connectivity index (χ2n) is 13.1. The molecule has 0 N–H and O–H groups in total. The van der Waals surface area contributed by atoms with Gasteiger partial charge in [-0.25, -0.2) is 0 Å². The van der Waals surface area contributed by atoms with Crippen molar-refractivity contribution in [2.24, 2.45) is 16.2 Å². The molecule has 0 spiro atoms. The Labute approximate surface area is 212 Å². The van der Waals surface area contributed by atoms with Crippen molar-refractivity contribution in [3.63, 3.8) is 0 Å². The molecule has 34 heavy (non-hydrogen) atoms. The molecule has 0 fully saturated rings. The molecule has 0 nitrogen and oxygen atoms in total. The molecule has 0 heterocycles. The molecule has 0 atom stereocenters. The van der Waals surface area contributed by atoms with Crippen LogP contribution in [0.3, 0.4) is 0 Å². The number of benzene rings is 3. The number of hydrogen-bond acceptors (Lipinski definition) is 0. The van der Waals surface area contributed by atoms with Gasteiger partial charge in [0.1, 0.15) is 0 Å². The molecule has 178 valence electrons. The van der Waals surface area contributed by atoms with Gasteiger partial charge in [-0.2, -0.15) is 0 Å². The van der Waals surface area contributed by atoms with E-state index in [0.717, 1.165) is 0 Å². The molecule has 0 saturated heterocycles. The molecule has 3 aromatic carbocycles. The molecule has 1 heteroatoms. The molecule has 0 aliphatic heterocycles. The minimum absolute atomic E-state index is 0.0578. The Morgan fingerprint density at radius 2 is 0.706 bits per heavy atom. The Morgan fingerprint density at radius 1 is 0.441 bits per heavy atom. The zero-order chi connectivity index (χ0) is 25.0. The van der Waals surface area contributed by atoms with Crippen LogP contribution in [0.15, 0.2) is 102 Å². The summed E-state index contributed by atoms with van der Waals surface area (Å²) >= 11 is -3.75. The van der Waals surface area contributed by atoms with Gasteiger partial charge >= 0.3 is 213 Å². The molecule has 0 saturated carbocycles. The van der Waals surface area contributed by atoms with E-state index in [2.05, 4.69) is 153 Å². The van der Waals surface area contributed by atoms with Crippen LogP contribution in [-0.2, 0) is 0 Å². The Balaban J connectivity index is 2.27. The molecule has 3 aromatic rings. The van der Waals surface area contributed by atoms with E-state index < -0.39 is 18.4 Å². The summed E-state index contributed by atoms with van der Waals surface area (Å²) in [5.74, 6) is 0. The summed E-state index contributed by atoms with van der Waals surface area (Å²) in [6.45, 7) is 22.2. The quantitative estimate of drug-likeness (QED) is 0.233. The SMILES string of the molecule is CC(C)(C)C1=C(C(C)(C)C)[C]1(C(C)(C)C)[Sn]([c]1ccccc1)([c]1ccccc1)[c]1ccccc1. The van der Waals surface area contributed by atoms with Crippen LogP contribution in [0.1, 0.15) is 62.3 Å². The van der Waals surface area contributed by atoms with Crippen molar-refractivity contribution in [2.45, 2.75) is 65.7 Å². The molecular formula is C33H42Sn. The van der Waals surface area contributed by atoms with E-state index in [9.17, 15) is 0 Å². The predicted molar refractivity (Wildman–Crippen MR) is 152 cm³/mol. The van der Waals surface area contributed by atoms with Crippen LogP contribution in [-0.4, -0.2) is 18.4 Å². The summed E-state index contributed by atoms with van der Waals surface area (Å²) in [7, 11) is 0. The second kappa shape index (κ2) is 8.40. The third kappa shape index (κ3) is 3.63. The molecule has 0 amide bonds. The fraction of sp³-hybridized carbons (Fsp3) is 0.394. The number of allylic oxidation sites excluding steroid dienone is 2. The third-order valence-electron chi connectivity index (χ3n) is 7.75. The Hall–Kier alpha value is -1.80. The summed E-state index contributed by atoms with van der Waals surface area (Å²) in [6, 6.07) is 34.8. The Bertz CT molecular complexity index is 1040. The molecule has 1 aliphatic rings. The second-order valence-corrected chi connectivity index (χ2v) is 24.5. The summed E-state index contributed by atoms with van der Waals surface area (Å²) < 4.78 is 4.78. The predicted octanol–water partition coefficient (Wildman–Crippen LogP) is 7.35. The van der Waals surface area contributed by atoms with Gasteiger partial charge in [-0.1, -0.05) is 0 Å². The summed E-state index contributed by atoms with van der Waals surface area (Å²) in [4.78, 5) is 0. The summed E-state index contributed by atoms with van der Waals surface area (Å²) in [5.41, 5.74) is 3.72. The van der Waals surface area contributed by atoms with Crippen molar-refractivity contribution < 1.29 is 0 Å². The van der Waals surface area contributed by atoms with E-state index in [1.165, 1.54) is 0 Å². The molecule has 1 aliphatic carbocycles. The van der Waals surface area contributed by atoms with E-state index in [0.29, 0.717) is 0 Å². The maximum atomic E-state index is 2.51. The van der Waals surface area contributed by atoms with E-state index in [1.807, 2.05) is 0 Å². The molecular weight excluding hydrogens is 515 g/mol. The summed E-state index contributed by atoms with van der Waals surface area (Å²) in [5, 5.41) is 0. The van der Waals surface area contributed by atoms with Crippen molar-refractivity contribution in [1.82, 2.24) is 0 Å². The number of rotatable bonds is 4. The van der Waals surface area contributed by atoms with E-state index in [-0.39, 0.29) is 19.7 Å². The molecule has 0 aromatic heterocycles. The van der Waals surface area contributed by atoms with E-state index in [1.54, 1.807) is 21.9 Å². The topological polar surface area (TPSA) is 0 Å². The fourth-order valence-corrected chi connectivity index (χ4v) is 27.6. The van der Waals surface area contributed by atoms with Crippen LogP contribution in [0, 0.1) is 16.2 Å². The van der Waals surface area contributed by atoms with Gasteiger partial charge in [-0.15, -0.1) is 0 Å². The van der Waals surface area contributed by atoms with Crippen LogP contribution in [0.25, 0.3) is 0 Å². The van der Waals surface area contributed by atoms with Crippen LogP contribution < -0.4 is 10.7 Å². The van der Waals surface area contributed by atoms with Crippen molar-refractivity contribution in [3.8, 4) is 0 Å². The summed E-state index contributed by atoms with van der Waals surface area (Å²) in [6.07, 6.45) is 0. The third-order valence-corrected chi connectivity index (χ3v) is 24.8. The fourth-order valence-electron chi connectivity index (χ4n) is 7.06. The zero-order valence-electron chi connectivity index (χ0n) is 22.7. The van der Waals surface area contributed by atoms with Gasteiger partial charge in [0.2, 0.25) is 0 Å². The van der Waals surface area contributed by atoms with E-state index >= 15 is 0 Å². The van der Waals surface area contributed by atoms with Gasteiger partial charge in [0.25, 0.3) is 0 Å². The Morgan fingerprint density at radius 3 is 0.912 bits per heavy atom. The van der Waals surface area contributed by atoms with Crippen LogP contribution in [0.4, 0.5) is 0 Å². The van der Waals surface area contributed by atoms with E-state index in [4.69, 9.17) is 0 Å². The van der Waals surface area contributed by atoms with Gasteiger partial charge in [-0.3, -0.25) is 0 Å². The normalized spacial score (nSPS) is 16.5. The van der Waals surface area contributed by atoms with Gasteiger partial charge in [-0.05, 0) is 0 Å². The van der Waals surface area contributed by atoms with Crippen molar-refractivity contribution >= 4 is 29.1 Å². The molecule has 0 radical (unpaired) electrons. The average molecular weight is 557 g/mol. The van der Waals surface area contributed by atoms with Crippen molar-refractivity contribution in [2.75, 3.05) is 0 Å². The van der Waals surface area contributed by atoms with Gasteiger partial charge in [0.15, 0.2) is 0 Å². The first-order valence-corrected chi connectivity index (χ1v) is 18.4. The van der Waals surface area contributed by atoms with Crippen LogP contribution >= 0.6 is 0 Å². The van der Waals surface area contributed by atoms with Crippen LogP contribution in [0.2, 0.25) is 3.43 Å². The Kier molecular flexibility index (Phi) is 6.25. The molecule has 0 unspecified atom stereocenters. The maximum absolute atomic E-state index is 3.75. The van der Waals surface area contributed by atoms with Gasteiger partial charge in [0.05, 0.1) is 0 Å². The standard InChI is InChI=1S/C15H27.3C6H5.Sn/c1-13(2,3)10-11(14(4,5)6)12(10)15(7,8)9;3*1-2-4-6-5-3-1;/h1-9H3;3*1-5H;. The minimum atomic E-state index is -3.75. The first kappa shape index (κ1) is 25.3. The molecule has 4 rings (SSSR count). The van der Waals surface area contributed by atoms with Gasteiger partial charge in [0, 0.05) is 0 Å². The zero-order valence-corrected chi connectivity index (χ0v) is 25.5. The first-order valence-electron chi connectivity index (χ1n) is 12.7. The average Bonchev–Trinajstić information content (AvgIpc) is 3.51. The van der Waals surface area contributed by atoms with Crippen LogP contribution in [0.5, 0.6) is 0 Å². The molecule has 0 bridgehead atoms. The monoisotopic (exact) mass is 558 g/mol. The van der Waals surface area contributed by atoms with Crippen molar-refractivity contribution in [1.29, 1.82) is 0 Å².